The Morgan fingerprint density at radius 1 is 1.32 bits per heavy atom. The van der Waals surface area contributed by atoms with Gasteiger partial charge in [0.1, 0.15) is 0 Å². The Morgan fingerprint density at radius 3 is 2.42 bits per heavy atom. The van der Waals surface area contributed by atoms with Crippen LogP contribution in [0.15, 0.2) is 0 Å². The van der Waals surface area contributed by atoms with Crippen LogP contribution in [0.2, 0.25) is 0 Å². The van der Waals surface area contributed by atoms with Crippen LogP contribution in [0.5, 0.6) is 0 Å². The van der Waals surface area contributed by atoms with Crippen molar-refractivity contribution in [2.75, 3.05) is 6.54 Å². The molecule has 0 heterocycles. The van der Waals surface area contributed by atoms with Crippen LogP contribution >= 0.6 is 0 Å². The van der Waals surface area contributed by atoms with E-state index in [1.165, 1.54) is 0 Å². The molecule has 0 saturated heterocycles. The topological polar surface area (TPSA) is 69.6 Å². The van der Waals surface area contributed by atoms with E-state index >= 15 is 0 Å². The van der Waals surface area contributed by atoms with E-state index in [1.54, 1.807) is 0 Å². The van der Waals surface area contributed by atoms with Crippen LogP contribution < -0.4 is 5.32 Å². The molecular weight excluding hydrogens is 244 g/mol. The minimum Gasteiger partial charge on any atom is -0.481 e. The second-order valence-electron chi connectivity index (χ2n) is 5.91. The SMILES string of the molecule is CCCN(C(=O)NC1(CC(=O)O)CCCC1)C1CC1. The summed E-state index contributed by atoms with van der Waals surface area (Å²) in [5, 5.41) is 12.1. The molecule has 0 aromatic heterocycles. The van der Waals surface area contributed by atoms with Crippen molar-refractivity contribution in [1.82, 2.24) is 10.2 Å². The molecule has 0 atom stereocenters. The Labute approximate surface area is 114 Å². The van der Waals surface area contributed by atoms with Gasteiger partial charge in [-0.1, -0.05) is 19.8 Å². The molecule has 2 amide bonds. The maximum absolute atomic E-state index is 12.4. The molecule has 5 nitrogen and oxygen atoms in total. The summed E-state index contributed by atoms with van der Waals surface area (Å²) in [5.74, 6) is -0.823. The summed E-state index contributed by atoms with van der Waals surface area (Å²) in [6.07, 6.45) is 6.73. The lowest BCUT2D eigenvalue weighted by Gasteiger charge is -2.32. The molecule has 2 rings (SSSR count). The predicted molar refractivity (Wildman–Crippen MR) is 72.0 cm³/mol. The van der Waals surface area contributed by atoms with Gasteiger partial charge in [0, 0.05) is 12.6 Å². The van der Waals surface area contributed by atoms with Gasteiger partial charge >= 0.3 is 12.0 Å². The Balaban J connectivity index is 1.99. The molecule has 19 heavy (non-hydrogen) atoms. The van der Waals surface area contributed by atoms with Gasteiger partial charge in [-0.25, -0.2) is 4.79 Å². The molecule has 0 radical (unpaired) electrons. The molecule has 0 aromatic rings. The highest BCUT2D eigenvalue weighted by Crippen LogP contribution is 2.34. The fraction of sp³-hybridized carbons (Fsp3) is 0.857. The van der Waals surface area contributed by atoms with Crippen LogP contribution in [-0.2, 0) is 4.79 Å². The quantitative estimate of drug-likeness (QED) is 0.777. The highest BCUT2D eigenvalue weighted by molar-refractivity contribution is 5.77. The van der Waals surface area contributed by atoms with Crippen LogP contribution in [0.25, 0.3) is 0 Å². The highest BCUT2D eigenvalue weighted by Gasteiger charge is 2.40. The van der Waals surface area contributed by atoms with Crippen molar-refractivity contribution in [3.05, 3.63) is 0 Å². The van der Waals surface area contributed by atoms with Gasteiger partial charge in [0.25, 0.3) is 0 Å². The number of carboxylic acid groups (broad SMARTS) is 1. The Kier molecular flexibility index (Phi) is 4.32. The molecule has 2 N–H and O–H groups in total. The van der Waals surface area contributed by atoms with Crippen LogP contribution in [0, 0.1) is 0 Å². The monoisotopic (exact) mass is 268 g/mol. The number of nitrogens with one attached hydrogen (secondary N) is 1. The Bertz CT molecular complexity index is 347. The molecule has 0 aliphatic heterocycles. The van der Waals surface area contributed by atoms with Crippen molar-refractivity contribution in [2.45, 2.75) is 69.9 Å². The molecule has 0 spiro atoms. The van der Waals surface area contributed by atoms with Gasteiger partial charge in [0.15, 0.2) is 0 Å². The van der Waals surface area contributed by atoms with E-state index < -0.39 is 11.5 Å². The number of carboxylic acids is 1. The van der Waals surface area contributed by atoms with E-state index in [-0.39, 0.29) is 12.5 Å². The minimum atomic E-state index is -0.823. The number of hydrogen-bond donors (Lipinski definition) is 2. The van der Waals surface area contributed by atoms with Crippen LogP contribution in [0.4, 0.5) is 4.79 Å². The fourth-order valence-electron chi connectivity index (χ4n) is 3.06. The molecule has 2 fully saturated rings. The molecular formula is C14H24N2O3. The zero-order chi connectivity index (χ0) is 13.9. The number of urea groups is 1. The average Bonchev–Trinajstić information content (AvgIpc) is 3.07. The molecule has 0 aromatic carbocycles. The number of carbonyl (C=O) groups is 2. The van der Waals surface area contributed by atoms with E-state index in [2.05, 4.69) is 12.2 Å². The summed E-state index contributed by atoms with van der Waals surface area (Å²) >= 11 is 0. The summed E-state index contributed by atoms with van der Waals surface area (Å²) < 4.78 is 0. The van der Waals surface area contributed by atoms with Gasteiger partial charge in [0.05, 0.1) is 12.0 Å². The zero-order valence-corrected chi connectivity index (χ0v) is 11.7. The molecule has 2 saturated carbocycles. The number of rotatable bonds is 6. The first-order chi connectivity index (χ1) is 9.06. The zero-order valence-electron chi connectivity index (χ0n) is 11.7. The van der Waals surface area contributed by atoms with Gasteiger partial charge in [-0.05, 0) is 32.1 Å². The lowest BCUT2D eigenvalue weighted by Crippen LogP contribution is -2.53. The normalized spacial score (nSPS) is 21.1. The lowest BCUT2D eigenvalue weighted by molar-refractivity contribution is -0.138. The summed E-state index contributed by atoms with van der Waals surface area (Å²) in [5.41, 5.74) is -0.510. The van der Waals surface area contributed by atoms with Crippen molar-refractivity contribution in [1.29, 1.82) is 0 Å². The van der Waals surface area contributed by atoms with E-state index in [0.29, 0.717) is 6.04 Å². The van der Waals surface area contributed by atoms with Gasteiger partial charge in [-0.15, -0.1) is 0 Å². The molecule has 108 valence electrons. The second-order valence-corrected chi connectivity index (χ2v) is 5.91. The van der Waals surface area contributed by atoms with Gasteiger partial charge in [-0.2, -0.15) is 0 Å². The van der Waals surface area contributed by atoms with Crippen LogP contribution in [0.1, 0.15) is 58.3 Å². The maximum Gasteiger partial charge on any atom is 0.318 e. The summed E-state index contributed by atoms with van der Waals surface area (Å²) in [6.45, 7) is 2.82. The lowest BCUT2D eigenvalue weighted by atomic mass is 9.93. The van der Waals surface area contributed by atoms with Crippen LogP contribution in [-0.4, -0.2) is 40.1 Å². The first kappa shape index (κ1) is 14.2. The minimum absolute atomic E-state index is 0.0450. The number of aliphatic carboxylic acids is 1. The van der Waals surface area contributed by atoms with E-state index in [1.807, 2.05) is 4.90 Å². The first-order valence-corrected chi connectivity index (χ1v) is 7.37. The van der Waals surface area contributed by atoms with Crippen molar-refractivity contribution >= 4 is 12.0 Å². The summed E-state index contributed by atoms with van der Waals surface area (Å²) in [4.78, 5) is 25.3. The highest BCUT2D eigenvalue weighted by atomic mass is 16.4. The van der Waals surface area contributed by atoms with Gasteiger partial charge in [0.2, 0.25) is 0 Å². The molecule has 2 aliphatic rings. The summed E-state index contributed by atoms with van der Waals surface area (Å²) in [7, 11) is 0. The molecule has 5 heteroatoms. The summed E-state index contributed by atoms with van der Waals surface area (Å²) in [6, 6.07) is 0.315. The average molecular weight is 268 g/mol. The predicted octanol–water partition coefficient (Wildman–Crippen LogP) is 2.36. The second kappa shape index (κ2) is 5.80. The molecule has 0 bridgehead atoms. The number of hydrogen-bond acceptors (Lipinski definition) is 2. The van der Waals surface area contributed by atoms with Crippen molar-refractivity contribution in [3.8, 4) is 0 Å². The van der Waals surface area contributed by atoms with E-state index in [4.69, 9.17) is 5.11 Å². The van der Waals surface area contributed by atoms with E-state index in [0.717, 1.165) is 51.5 Å². The van der Waals surface area contributed by atoms with Crippen LogP contribution in [0.3, 0.4) is 0 Å². The number of carbonyl (C=O) groups excluding carboxylic acids is 1. The standard InChI is InChI=1S/C14H24N2O3/c1-2-9-16(11-5-6-11)13(19)15-14(10-12(17)18)7-3-4-8-14/h11H,2-10H2,1H3,(H,15,19)(H,17,18). The third-order valence-electron chi connectivity index (χ3n) is 4.14. The largest absolute Gasteiger partial charge is 0.481 e. The molecule has 2 aliphatic carbocycles. The fourth-order valence-corrected chi connectivity index (χ4v) is 3.06. The number of amides is 2. The number of nitrogens with zero attached hydrogens (tertiary/aromatic N) is 1. The first-order valence-electron chi connectivity index (χ1n) is 7.37. The van der Waals surface area contributed by atoms with Gasteiger partial charge in [-0.3, -0.25) is 4.79 Å². The smallest absolute Gasteiger partial charge is 0.318 e. The third-order valence-corrected chi connectivity index (χ3v) is 4.14. The Morgan fingerprint density at radius 2 is 1.95 bits per heavy atom. The van der Waals surface area contributed by atoms with E-state index in [9.17, 15) is 9.59 Å². The van der Waals surface area contributed by atoms with Crippen molar-refractivity contribution in [2.24, 2.45) is 0 Å². The van der Waals surface area contributed by atoms with Crippen molar-refractivity contribution in [3.63, 3.8) is 0 Å². The van der Waals surface area contributed by atoms with Gasteiger partial charge < -0.3 is 15.3 Å². The van der Waals surface area contributed by atoms with Crippen molar-refractivity contribution < 1.29 is 14.7 Å². The maximum atomic E-state index is 12.4. The Hall–Kier alpha value is -1.26. The third kappa shape index (κ3) is 3.61. The molecule has 0 unspecified atom stereocenters.